The Balaban J connectivity index is 2.14. The first-order valence-corrected chi connectivity index (χ1v) is 5.71. The molecule has 1 N–H and O–H groups in total. The van der Waals surface area contributed by atoms with E-state index in [-0.39, 0.29) is 10.2 Å². The molecule has 0 aliphatic heterocycles. The molecular formula is C11H10BrF2N3. The summed E-state index contributed by atoms with van der Waals surface area (Å²) in [6.45, 7) is 0.383. The van der Waals surface area contributed by atoms with E-state index in [1.165, 1.54) is 0 Å². The lowest BCUT2D eigenvalue weighted by Crippen LogP contribution is -2.05. The van der Waals surface area contributed by atoms with Crippen molar-refractivity contribution >= 4 is 21.6 Å². The number of rotatable bonds is 3. The number of imidazole rings is 1. The Morgan fingerprint density at radius 1 is 1.35 bits per heavy atom. The summed E-state index contributed by atoms with van der Waals surface area (Å²) in [6, 6.07) is 2.22. The number of hydrogen-bond donors (Lipinski definition) is 1. The van der Waals surface area contributed by atoms with Crippen LogP contribution < -0.4 is 5.32 Å². The van der Waals surface area contributed by atoms with Gasteiger partial charge in [0.25, 0.3) is 0 Å². The molecule has 0 bridgehead atoms. The van der Waals surface area contributed by atoms with Crippen molar-refractivity contribution in [1.82, 2.24) is 9.55 Å². The average molecular weight is 302 g/mol. The number of benzene rings is 1. The predicted molar refractivity (Wildman–Crippen MR) is 64.6 cm³/mol. The van der Waals surface area contributed by atoms with Gasteiger partial charge in [0.15, 0.2) is 0 Å². The zero-order chi connectivity index (χ0) is 12.4. The zero-order valence-corrected chi connectivity index (χ0v) is 10.6. The quantitative estimate of drug-likeness (QED) is 0.883. The van der Waals surface area contributed by atoms with Crippen LogP contribution in [0.1, 0.15) is 5.69 Å². The maximum Gasteiger partial charge on any atom is 0.147 e. The lowest BCUT2D eigenvalue weighted by atomic mass is 10.3. The highest BCUT2D eigenvalue weighted by Gasteiger charge is 2.08. The summed E-state index contributed by atoms with van der Waals surface area (Å²) < 4.78 is 28.6. The largest absolute Gasteiger partial charge is 0.377 e. The van der Waals surface area contributed by atoms with Gasteiger partial charge < -0.3 is 9.88 Å². The standard InChI is InChI=1S/C11H10BrF2N3/c1-17-6-15-4-7(17)5-16-11-3-9(13)8(12)2-10(11)14/h2-4,6,16H,5H2,1H3. The van der Waals surface area contributed by atoms with E-state index in [9.17, 15) is 8.78 Å². The van der Waals surface area contributed by atoms with Crippen molar-refractivity contribution in [2.45, 2.75) is 6.54 Å². The van der Waals surface area contributed by atoms with E-state index in [1.54, 1.807) is 17.1 Å². The lowest BCUT2D eigenvalue weighted by Gasteiger charge is -2.08. The summed E-state index contributed by atoms with van der Waals surface area (Å²) in [5.41, 5.74) is 1.01. The first-order valence-electron chi connectivity index (χ1n) is 4.91. The van der Waals surface area contributed by atoms with Crippen LogP contribution in [0, 0.1) is 11.6 Å². The van der Waals surface area contributed by atoms with Gasteiger partial charge in [-0.1, -0.05) is 0 Å². The second-order valence-corrected chi connectivity index (χ2v) is 4.45. The molecule has 0 atom stereocenters. The Bertz CT molecular complexity index is 540. The topological polar surface area (TPSA) is 29.9 Å². The summed E-state index contributed by atoms with van der Waals surface area (Å²) >= 11 is 2.92. The maximum absolute atomic E-state index is 13.5. The fraction of sp³-hybridized carbons (Fsp3) is 0.182. The smallest absolute Gasteiger partial charge is 0.147 e. The van der Waals surface area contributed by atoms with Crippen LogP contribution in [0.25, 0.3) is 0 Å². The molecule has 90 valence electrons. The third kappa shape index (κ3) is 2.63. The maximum atomic E-state index is 13.5. The minimum Gasteiger partial charge on any atom is -0.377 e. The van der Waals surface area contributed by atoms with Gasteiger partial charge in [-0.05, 0) is 22.0 Å². The number of anilines is 1. The van der Waals surface area contributed by atoms with E-state index in [4.69, 9.17) is 0 Å². The number of nitrogens with zero attached hydrogens (tertiary/aromatic N) is 2. The van der Waals surface area contributed by atoms with Crippen LogP contribution in [-0.4, -0.2) is 9.55 Å². The third-order valence-corrected chi connectivity index (χ3v) is 2.99. The molecule has 1 aromatic heterocycles. The molecular weight excluding hydrogens is 292 g/mol. The van der Waals surface area contributed by atoms with Gasteiger partial charge in [0.2, 0.25) is 0 Å². The highest BCUT2D eigenvalue weighted by atomic mass is 79.9. The Morgan fingerprint density at radius 2 is 2.12 bits per heavy atom. The van der Waals surface area contributed by atoms with E-state index in [0.717, 1.165) is 17.8 Å². The van der Waals surface area contributed by atoms with Gasteiger partial charge in [0.05, 0.1) is 28.7 Å². The molecule has 17 heavy (non-hydrogen) atoms. The van der Waals surface area contributed by atoms with Crippen LogP contribution in [-0.2, 0) is 13.6 Å². The predicted octanol–water partition coefficient (Wildman–Crippen LogP) is 3.07. The number of aromatic nitrogens is 2. The molecule has 1 aromatic carbocycles. The van der Waals surface area contributed by atoms with Gasteiger partial charge in [0.1, 0.15) is 11.6 Å². The molecule has 0 fully saturated rings. The molecule has 0 unspecified atom stereocenters. The molecule has 0 spiro atoms. The van der Waals surface area contributed by atoms with Crippen molar-refractivity contribution in [3.63, 3.8) is 0 Å². The van der Waals surface area contributed by atoms with Crippen molar-refractivity contribution in [2.24, 2.45) is 7.05 Å². The highest BCUT2D eigenvalue weighted by Crippen LogP contribution is 2.23. The van der Waals surface area contributed by atoms with Gasteiger partial charge in [-0.15, -0.1) is 0 Å². The zero-order valence-electron chi connectivity index (χ0n) is 9.04. The molecule has 6 heteroatoms. The molecule has 0 saturated carbocycles. The fourth-order valence-electron chi connectivity index (χ4n) is 1.40. The summed E-state index contributed by atoms with van der Waals surface area (Å²) in [4.78, 5) is 3.94. The van der Waals surface area contributed by atoms with Crippen molar-refractivity contribution in [3.8, 4) is 0 Å². The molecule has 0 amide bonds. The van der Waals surface area contributed by atoms with Crippen molar-refractivity contribution < 1.29 is 8.78 Å². The van der Waals surface area contributed by atoms with Crippen LogP contribution >= 0.6 is 15.9 Å². The SMILES string of the molecule is Cn1cncc1CNc1cc(F)c(Br)cc1F. The van der Waals surface area contributed by atoms with Crippen LogP contribution in [0.5, 0.6) is 0 Å². The summed E-state index contributed by atoms with van der Waals surface area (Å²) in [6.07, 6.45) is 3.32. The molecule has 3 nitrogen and oxygen atoms in total. The van der Waals surface area contributed by atoms with Crippen molar-refractivity contribution in [3.05, 3.63) is 46.5 Å². The van der Waals surface area contributed by atoms with Gasteiger partial charge in [-0.2, -0.15) is 0 Å². The summed E-state index contributed by atoms with van der Waals surface area (Å²) in [5.74, 6) is -1.00. The molecule has 2 rings (SSSR count). The van der Waals surface area contributed by atoms with Gasteiger partial charge in [-0.3, -0.25) is 0 Å². The van der Waals surface area contributed by atoms with E-state index in [2.05, 4.69) is 26.2 Å². The number of hydrogen-bond acceptors (Lipinski definition) is 2. The Hall–Kier alpha value is -1.43. The van der Waals surface area contributed by atoms with Crippen LogP contribution in [0.4, 0.5) is 14.5 Å². The van der Waals surface area contributed by atoms with Crippen molar-refractivity contribution in [2.75, 3.05) is 5.32 Å². The van der Waals surface area contributed by atoms with Gasteiger partial charge in [0, 0.05) is 19.3 Å². The van der Waals surface area contributed by atoms with Crippen LogP contribution in [0.3, 0.4) is 0 Å². The summed E-state index contributed by atoms with van der Waals surface area (Å²) in [5, 5.41) is 2.83. The average Bonchev–Trinajstić information content (AvgIpc) is 2.68. The number of halogens is 3. The van der Waals surface area contributed by atoms with Crippen molar-refractivity contribution in [1.29, 1.82) is 0 Å². The number of nitrogens with one attached hydrogen (secondary N) is 1. The minimum absolute atomic E-state index is 0.112. The van der Waals surface area contributed by atoms with E-state index in [1.807, 2.05) is 7.05 Å². The highest BCUT2D eigenvalue weighted by molar-refractivity contribution is 9.10. The van der Waals surface area contributed by atoms with Crippen LogP contribution in [0.15, 0.2) is 29.1 Å². The fourth-order valence-corrected chi connectivity index (χ4v) is 1.71. The number of aryl methyl sites for hydroxylation is 1. The van der Waals surface area contributed by atoms with Gasteiger partial charge >= 0.3 is 0 Å². The summed E-state index contributed by atoms with van der Waals surface area (Å²) in [7, 11) is 1.84. The molecule has 0 aliphatic rings. The normalized spacial score (nSPS) is 10.6. The first kappa shape index (κ1) is 12.0. The van der Waals surface area contributed by atoms with Crippen LogP contribution in [0.2, 0.25) is 0 Å². The van der Waals surface area contributed by atoms with E-state index >= 15 is 0 Å². The molecule has 1 heterocycles. The second-order valence-electron chi connectivity index (χ2n) is 3.60. The van der Waals surface area contributed by atoms with E-state index in [0.29, 0.717) is 6.54 Å². The second kappa shape index (κ2) is 4.83. The monoisotopic (exact) mass is 301 g/mol. The molecule has 0 radical (unpaired) electrons. The Kier molecular flexibility index (Phi) is 3.42. The Labute approximate surface area is 106 Å². The minimum atomic E-state index is -0.501. The first-order chi connectivity index (χ1) is 8.08. The molecule has 2 aromatic rings. The Morgan fingerprint density at radius 3 is 2.76 bits per heavy atom. The third-order valence-electron chi connectivity index (χ3n) is 2.39. The lowest BCUT2D eigenvalue weighted by molar-refractivity contribution is 0.596. The molecule has 0 saturated heterocycles. The molecule has 0 aliphatic carbocycles. The van der Waals surface area contributed by atoms with E-state index < -0.39 is 11.6 Å². The van der Waals surface area contributed by atoms with Gasteiger partial charge in [-0.25, -0.2) is 13.8 Å².